The highest BCUT2D eigenvalue weighted by atomic mass is 19.1. The van der Waals surface area contributed by atoms with Gasteiger partial charge in [0.2, 0.25) is 5.95 Å². The summed E-state index contributed by atoms with van der Waals surface area (Å²) in [4.78, 5) is 3.76. The van der Waals surface area contributed by atoms with Crippen LogP contribution in [0.15, 0.2) is 24.3 Å². The van der Waals surface area contributed by atoms with E-state index < -0.39 is 5.95 Å². The Bertz CT molecular complexity index is 531. The minimum atomic E-state index is -0.462. The Labute approximate surface area is 100 Å². The number of hydrogen-bond donors (Lipinski definition) is 1. The molecule has 0 bridgehead atoms. The van der Waals surface area contributed by atoms with Crippen molar-refractivity contribution in [2.75, 3.05) is 5.32 Å². The van der Waals surface area contributed by atoms with E-state index in [9.17, 15) is 4.39 Å². The topological polar surface area (TPSA) is 29.9 Å². The van der Waals surface area contributed by atoms with Gasteiger partial charge in [0.25, 0.3) is 0 Å². The van der Waals surface area contributed by atoms with Crippen LogP contribution in [-0.2, 0) is 13.6 Å². The molecule has 0 saturated carbocycles. The van der Waals surface area contributed by atoms with Crippen LogP contribution in [0.3, 0.4) is 0 Å². The first-order valence-corrected chi connectivity index (χ1v) is 5.56. The summed E-state index contributed by atoms with van der Waals surface area (Å²) in [6.45, 7) is 4.80. The largest absolute Gasteiger partial charge is 0.366 e. The standard InChI is InChI=1S/C13H16FN3/c1-9-7-11(10(2)17(9)3)8-15-13-6-4-5-12(14)16-13/h4-7H,8H2,1-3H3,(H,15,16). The molecule has 0 aromatic carbocycles. The van der Waals surface area contributed by atoms with Crippen LogP contribution >= 0.6 is 0 Å². The average Bonchev–Trinajstić information content (AvgIpc) is 2.54. The van der Waals surface area contributed by atoms with Gasteiger partial charge >= 0.3 is 0 Å². The third-order valence-corrected chi connectivity index (χ3v) is 3.06. The number of aromatic nitrogens is 2. The Kier molecular flexibility index (Phi) is 3.13. The van der Waals surface area contributed by atoms with Crippen LogP contribution in [0.2, 0.25) is 0 Å². The van der Waals surface area contributed by atoms with Gasteiger partial charge in [-0.3, -0.25) is 0 Å². The average molecular weight is 233 g/mol. The number of rotatable bonds is 3. The van der Waals surface area contributed by atoms with Crippen LogP contribution in [-0.4, -0.2) is 9.55 Å². The molecular weight excluding hydrogens is 217 g/mol. The molecule has 1 N–H and O–H groups in total. The Balaban J connectivity index is 2.10. The molecule has 0 aliphatic carbocycles. The lowest BCUT2D eigenvalue weighted by molar-refractivity contribution is 0.585. The number of aryl methyl sites for hydroxylation is 1. The zero-order valence-corrected chi connectivity index (χ0v) is 10.3. The molecule has 2 heterocycles. The summed E-state index contributed by atoms with van der Waals surface area (Å²) in [5.41, 5.74) is 3.63. The van der Waals surface area contributed by atoms with Crippen molar-refractivity contribution in [3.8, 4) is 0 Å². The summed E-state index contributed by atoms with van der Waals surface area (Å²) in [5.74, 6) is 0.0990. The summed E-state index contributed by atoms with van der Waals surface area (Å²) < 4.78 is 15.0. The van der Waals surface area contributed by atoms with Crippen LogP contribution in [0.4, 0.5) is 10.2 Å². The molecule has 0 aliphatic rings. The van der Waals surface area contributed by atoms with Crippen molar-refractivity contribution >= 4 is 5.82 Å². The second-order valence-electron chi connectivity index (χ2n) is 4.15. The van der Waals surface area contributed by atoms with E-state index in [-0.39, 0.29) is 0 Å². The number of halogens is 1. The predicted octanol–water partition coefficient (Wildman–Crippen LogP) is 2.79. The Morgan fingerprint density at radius 1 is 1.35 bits per heavy atom. The Morgan fingerprint density at radius 3 is 2.71 bits per heavy atom. The van der Waals surface area contributed by atoms with Gasteiger partial charge in [-0.25, -0.2) is 4.98 Å². The molecule has 0 fully saturated rings. The highest BCUT2D eigenvalue weighted by molar-refractivity contribution is 5.37. The molecule has 0 aliphatic heterocycles. The van der Waals surface area contributed by atoms with E-state index in [2.05, 4.69) is 34.8 Å². The fourth-order valence-corrected chi connectivity index (χ4v) is 1.80. The molecule has 0 atom stereocenters. The summed E-state index contributed by atoms with van der Waals surface area (Å²) in [5, 5.41) is 3.12. The van der Waals surface area contributed by atoms with E-state index in [1.807, 2.05) is 7.05 Å². The molecule has 2 aromatic heterocycles. The van der Waals surface area contributed by atoms with E-state index in [1.165, 1.54) is 23.0 Å². The second kappa shape index (κ2) is 4.57. The smallest absolute Gasteiger partial charge is 0.214 e. The number of pyridine rings is 1. The van der Waals surface area contributed by atoms with Crippen molar-refractivity contribution in [1.29, 1.82) is 0 Å². The normalized spacial score (nSPS) is 10.6. The fourth-order valence-electron chi connectivity index (χ4n) is 1.80. The van der Waals surface area contributed by atoms with Gasteiger partial charge in [-0.1, -0.05) is 6.07 Å². The first-order valence-electron chi connectivity index (χ1n) is 5.56. The molecule has 17 heavy (non-hydrogen) atoms. The minimum absolute atomic E-state index is 0.462. The van der Waals surface area contributed by atoms with Crippen molar-refractivity contribution < 1.29 is 4.39 Å². The summed E-state index contributed by atoms with van der Waals surface area (Å²) in [7, 11) is 2.04. The van der Waals surface area contributed by atoms with Crippen LogP contribution in [0.25, 0.3) is 0 Å². The van der Waals surface area contributed by atoms with Gasteiger partial charge in [0.15, 0.2) is 0 Å². The van der Waals surface area contributed by atoms with E-state index in [0.29, 0.717) is 12.4 Å². The molecule has 0 radical (unpaired) electrons. The third kappa shape index (κ3) is 2.46. The minimum Gasteiger partial charge on any atom is -0.366 e. The number of hydrogen-bond acceptors (Lipinski definition) is 2. The van der Waals surface area contributed by atoms with Crippen LogP contribution in [0, 0.1) is 19.8 Å². The number of nitrogens with one attached hydrogen (secondary N) is 1. The van der Waals surface area contributed by atoms with Gasteiger partial charge in [0.05, 0.1) is 0 Å². The predicted molar refractivity (Wildman–Crippen MR) is 66.4 cm³/mol. The Hall–Kier alpha value is -1.84. The monoisotopic (exact) mass is 233 g/mol. The lowest BCUT2D eigenvalue weighted by Crippen LogP contribution is -2.03. The molecule has 0 amide bonds. The highest BCUT2D eigenvalue weighted by Crippen LogP contribution is 2.14. The first kappa shape index (κ1) is 11.6. The molecule has 2 aromatic rings. The quantitative estimate of drug-likeness (QED) is 0.826. The van der Waals surface area contributed by atoms with Crippen molar-refractivity contribution in [1.82, 2.24) is 9.55 Å². The lowest BCUT2D eigenvalue weighted by atomic mass is 10.2. The fraction of sp³-hybridized carbons (Fsp3) is 0.308. The maximum atomic E-state index is 12.9. The summed E-state index contributed by atoms with van der Waals surface area (Å²) in [6.07, 6.45) is 0. The molecule has 0 unspecified atom stereocenters. The molecule has 2 rings (SSSR count). The number of nitrogens with zero attached hydrogens (tertiary/aromatic N) is 2. The van der Waals surface area contributed by atoms with Crippen LogP contribution in [0.1, 0.15) is 17.0 Å². The highest BCUT2D eigenvalue weighted by Gasteiger charge is 2.05. The van der Waals surface area contributed by atoms with Gasteiger partial charge in [0.1, 0.15) is 5.82 Å². The van der Waals surface area contributed by atoms with Crippen molar-refractivity contribution in [3.05, 3.63) is 47.2 Å². The summed E-state index contributed by atoms with van der Waals surface area (Å²) in [6, 6.07) is 6.87. The molecule has 0 saturated heterocycles. The van der Waals surface area contributed by atoms with E-state index in [1.54, 1.807) is 12.1 Å². The molecule has 3 nitrogen and oxygen atoms in total. The van der Waals surface area contributed by atoms with Crippen LogP contribution in [0.5, 0.6) is 0 Å². The first-order chi connectivity index (χ1) is 8.08. The maximum absolute atomic E-state index is 12.9. The second-order valence-corrected chi connectivity index (χ2v) is 4.15. The molecular formula is C13H16FN3. The third-order valence-electron chi connectivity index (χ3n) is 3.06. The molecule has 4 heteroatoms. The van der Waals surface area contributed by atoms with Gasteiger partial charge in [-0.15, -0.1) is 0 Å². The zero-order valence-electron chi connectivity index (χ0n) is 10.3. The van der Waals surface area contributed by atoms with Gasteiger partial charge in [0, 0.05) is 25.0 Å². The van der Waals surface area contributed by atoms with E-state index >= 15 is 0 Å². The van der Waals surface area contributed by atoms with Gasteiger partial charge < -0.3 is 9.88 Å². The molecule has 90 valence electrons. The lowest BCUT2D eigenvalue weighted by Gasteiger charge is -2.05. The van der Waals surface area contributed by atoms with Crippen LogP contribution < -0.4 is 5.32 Å². The zero-order chi connectivity index (χ0) is 12.4. The van der Waals surface area contributed by atoms with Crippen molar-refractivity contribution in [2.45, 2.75) is 20.4 Å². The van der Waals surface area contributed by atoms with E-state index in [4.69, 9.17) is 0 Å². The maximum Gasteiger partial charge on any atom is 0.214 e. The van der Waals surface area contributed by atoms with Gasteiger partial charge in [-0.2, -0.15) is 4.39 Å². The summed E-state index contributed by atoms with van der Waals surface area (Å²) >= 11 is 0. The number of anilines is 1. The Morgan fingerprint density at radius 2 is 2.12 bits per heavy atom. The van der Waals surface area contributed by atoms with Crippen molar-refractivity contribution in [3.63, 3.8) is 0 Å². The van der Waals surface area contributed by atoms with Crippen molar-refractivity contribution in [2.24, 2.45) is 7.05 Å². The van der Waals surface area contributed by atoms with E-state index in [0.717, 1.165) is 0 Å². The SMILES string of the molecule is Cc1cc(CNc2cccc(F)n2)c(C)n1C. The van der Waals surface area contributed by atoms with Gasteiger partial charge in [-0.05, 0) is 37.6 Å². The molecule has 0 spiro atoms.